The molecule has 0 saturated carbocycles. The summed E-state index contributed by atoms with van der Waals surface area (Å²) < 4.78 is 6.64. The van der Waals surface area contributed by atoms with Gasteiger partial charge in [0.1, 0.15) is 0 Å². The van der Waals surface area contributed by atoms with Crippen LogP contribution in [-0.2, 0) is 4.74 Å². The minimum atomic E-state index is -0.0210. The molecule has 2 aromatic rings. The first kappa shape index (κ1) is 10.6. The van der Waals surface area contributed by atoms with E-state index >= 15 is 0 Å². The van der Waals surface area contributed by atoms with Gasteiger partial charge < -0.3 is 10.5 Å². The van der Waals surface area contributed by atoms with E-state index in [1.165, 1.54) is 15.6 Å². The summed E-state index contributed by atoms with van der Waals surface area (Å²) in [6.45, 7) is 3.29. The number of benzene rings is 1. The molecule has 1 atom stereocenters. The van der Waals surface area contributed by atoms with Crippen molar-refractivity contribution in [2.75, 3.05) is 13.2 Å². The molecule has 0 aliphatic rings. The summed E-state index contributed by atoms with van der Waals surface area (Å²) in [6.07, 6.45) is 0. The summed E-state index contributed by atoms with van der Waals surface area (Å²) in [7, 11) is 0. The summed E-state index contributed by atoms with van der Waals surface area (Å²) in [5.74, 6) is 0. The van der Waals surface area contributed by atoms with Crippen LogP contribution < -0.4 is 5.73 Å². The minimum Gasteiger partial charge on any atom is -0.380 e. The summed E-state index contributed by atoms with van der Waals surface area (Å²) in [6, 6.07) is 8.35. The van der Waals surface area contributed by atoms with Crippen LogP contribution in [0.2, 0.25) is 0 Å². The fraction of sp³-hybridized carbons (Fsp3) is 0.333. The molecule has 1 aromatic heterocycles. The maximum Gasteiger partial charge on any atom is 0.0659 e. The molecule has 0 fully saturated rings. The number of thiophene rings is 1. The van der Waals surface area contributed by atoms with E-state index in [-0.39, 0.29) is 6.04 Å². The van der Waals surface area contributed by atoms with E-state index in [9.17, 15) is 0 Å². The van der Waals surface area contributed by atoms with Crippen LogP contribution >= 0.6 is 11.3 Å². The number of nitrogens with two attached hydrogens (primary N) is 1. The van der Waals surface area contributed by atoms with Crippen molar-refractivity contribution < 1.29 is 4.74 Å². The molecule has 0 spiro atoms. The topological polar surface area (TPSA) is 35.2 Å². The maximum atomic E-state index is 6.09. The fourth-order valence-corrected chi connectivity index (χ4v) is 2.62. The van der Waals surface area contributed by atoms with Crippen molar-refractivity contribution in [3.63, 3.8) is 0 Å². The number of fused-ring (bicyclic) bond motifs is 1. The zero-order valence-corrected chi connectivity index (χ0v) is 9.59. The fourth-order valence-electron chi connectivity index (χ4n) is 1.64. The van der Waals surface area contributed by atoms with Gasteiger partial charge in [0.15, 0.2) is 0 Å². The summed E-state index contributed by atoms with van der Waals surface area (Å²) in [4.78, 5) is 0. The second kappa shape index (κ2) is 4.75. The normalized spacial score (nSPS) is 13.2. The molecule has 80 valence electrons. The van der Waals surface area contributed by atoms with Gasteiger partial charge >= 0.3 is 0 Å². The Hall–Kier alpha value is -0.900. The van der Waals surface area contributed by atoms with Gasteiger partial charge in [0.25, 0.3) is 0 Å². The van der Waals surface area contributed by atoms with Gasteiger partial charge in [0.05, 0.1) is 12.6 Å². The third-order valence-corrected chi connectivity index (χ3v) is 3.39. The lowest BCUT2D eigenvalue weighted by atomic mass is 10.1. The Morgan fingerprint density at radius 2 is 2.27 bits per heavy atom. The van der Waals surface area contributed by atoms with Gasteiger partial charge in [-0.15, -0.1) is 11.3 Å². The van der Waals surface area contributed by atoms with Gasteiger partial charge in [0, 0.05) is 11.3 Å². The molecular formula is C12H15NOS. The quantitative estimate of drug-likeness (QED) is 0.861. The molecule has 0 aliphatic heterocycles. The lowest BCUT2D eigenvalue weighted by Gasteiger charge is -2.12. The summed E-state index contributed by atoms with van der Waals surface area (Å²) in [5.41, 5.74) is 7.28. The molecule has 0 saturated heterocycles. The summed E-state index contributed by atoms with van der Waals surface area (Å²) in [5, 5.41) is 3.37. The lowest BCUT2D eigenvalue weighted by molar-refractivity contribution is 0.134. The van der Waals surface area contributed by atoms with E-state index < -0.39 is 0 Å². The molecule has 0 radical (unpaired) electrons. The van der Waals surface area contributed by atoms with E-state index in [4.69, 9.17) is 10.5 Å². The van der Waals surface area contributed by atoms with Crippen molar-refractivity contribution >= 4 is 21.4 Å². The monoisotopic (exact) mass is 221 g/mol. The highest BCUT2D eigenvalue weighted by Crippen LogP contribution is 2.28. The van der Waals surface area contributed by atoms with Crippen LogP contribution in [0, 0.1) is 0 Å². The predicted octanol–water partition coefficient (Wildman–Crippen LogP) is 2.94. The Morgan fingerprint density at radius 1 is 1.40 bits per heavy atom. The van der Waals surface area contributed by atoms with Gasteiger partial charge in [0.2, 0.25) is 0 Å². The van der Waals surface area contributed by atoms with Crippen LogP contribution in [0.5, 0.6) is 0 Å². The van der Waals surface area contributed by atoms with Crippen LogP contribution in [0.1, 0.15) is 18.5 Å². The summed E-state index contributed by atoms with van der Waals surface area (Å²) >= 11 is 1.74. The number of rotatable bonds is 4. The van der Waals surface area contributed by atoms with Crippen molar-refractivity contribution in [3.05, 3.63) is 35.2 Å². The minimum absolute atomic E-state index is 0.0210. The van der Waals surface area contributed by atoms with Gasteiger partial charge in [-0.3, -0.25) is 0 Å². The Balaban J connectivity index is 2.29. The van der Waals surface area contributed by atoms with Crippen LogP contribution in [0.3, 0.4) is 0 Å². The van der Waals surface area contributed by atoms with Crippen molar-refractivity contribution in [1.29, 1.82) is 0 Å². The second-order valence-electron chi connectivity index (χ2n) is 3.45. The second-order valence-corrected chi connectivity index (χ2v) is 4.37. The molecule has 1 unspecified atom stereocenters. The highest BCUT2D eigenvalue weighted by atomic mass is 32.1. The van der Waals surface area contributed by atoms with Crippen molar-refractivity contribution in [2.45, 2.75) is 13.0 Å². The standard InChI is InChI=1S/C12H15NOS/c1-2-14-8-11(13)10-5-3-4-9-6-7-15-12(9)10/h3-7,11H,2,8,13H2,1H3. The Bertz CT molecular complexity index is 438. The molecule has 0 amide bonds. The van der Waals surface area contributed by atoms with E-state index in [1.807, 2.05) is 6.92 Å². The SMILES string of the molecule is CCOCC(N)c1cccc2ccsc12. The molecule has 2 N–H and O–H groups in total. The van der Waals surface area contributed by atoms with Crippen LogP contribution in [0.25, 0.3) is 10.1 Å². The molecule has 0 aliphatic carbocycles. The van der Waals surface area contributed by atoms with E-state index in [0.717, 1.165) is 0 Å². The van der Waals surface area contributed by atoms with Gasteiger partial charge in [-0.2, -0.15) is 0 Å². The molecule has 0 bridgehead atoms. The average Bonchev–Trinajstić information content (AvgIpc) is 2.73. The highest BCUT2D eigenvalue weighted by Gasteiger charge is 2.10. The first-order valence-electron chi connectivity index (χ1n) is 5.12. The van der Waals surface area contributed by atoms with Crippen LogP contribution in [0.15, 0.2) is 29.6 Å². The van der Waals surface area contributed by atoms with E-state index in [2.05, 4.69) is 29.6 Å². The molecule has 15 heavy (non-hydrogen) atoms. The third kappa shape index (κ3) is 2.20. The smallest absolute Gasteiger partial charge is 0.0659 e. The average molecular weight is 221 g/mol. The number of hydrogen-bond acceptors (Lipinski definition) is 3. The molecule has 3 heteroatoms. The molecule has 2 nitrogen and oxygen atoms in total. The van der Waals surface area contributed by atoms with E-state index in [1.54, 1.807) is 11.3 Å². The lowest BCUT2D eigenvalue weighted by Crippen LogP contribution is -2.17. The van der Waals surface area contributed by atoms with Crippen LogP contribution in [0.4, 0.5) is 0 Å². The van der Waals surface area contributed by atoms with Gasteiger partial charge in [-0.25, -0.2) is 0 Å². The van der Waals surface area contributed by atoms with Crippen molar-refractivity contribution in [2.24, 2.45) is 5.73 Å². The number of ether oxygens (including phenoxy) is 1. The highest BCUT2D eigenvalue weighted by molar-refractivity contribution is 7.17. The first-order chi connectivity index (χ1) is 7.33. The largest absolute Gasteiger partial charge is 0.380 e. The Morgan fingerprint density at radius 3 is 3.07 bits per heavy atom. The van der Waals surface area contributed by atoms with Gasteiger partial charge in [-0.1, -0.05) is 18.2 Å². The molecule has 1 heterocycles. The van der Waals surface area contributed by atoms with Gasteiger partial charge in [-0.05, 0) is 29.3 Å². The predicted molar refractivity (Wildman–Crippen MR) is 65.2 cm³/mol. The van der Waals surface area contributed by atoms with Crippen LogP contribution in [-0.4, -0.2) is 13.2 Å². The van der Waals surface area contributed by atoms with Crippen molar-refractivity contribution in [1.82, 2.24) is 0 Å². The first-order valence-corrected chi connectivity index (χ1v) is 6.00. The maximum absolute atomic E-state index is 6.09. The Kier molecular flexibility index (Phi) is 3.36. The Labute approximate surface area is 93.7 Å². The molecular weight excluding hydrogens is 206 g/mol. The zero-order valence-electron chi connectivity index (χ0n) is 8.77. The number of hydrogen-bond donors (Lipinski definition) is 1. The zero-order chi connectivity index (χ0) is 10.7. The molecule has 1 aromatic carbocycles. The van der Waals surface area contributed by atoms with Crippen molar-refractivity contribution in [3.8, 4) is 0 Å². The van der Waals surface area contributed by atoms with E-state index in [0.29, 0.717) is 13.2 Å². The third-order valence-electron chi connectivity index (χ3n) is 2.41. The molecule has 2 rings (SSSR count).